The lowest BCUT2D eigenvalue weighted by Crippen LogP contribution is -2.26. The summed E-state index contributed by atoms with van der Waals surface area (Å²) < 4.78 is 27.0. The Morgan fingerprint density at radius 1 is 1.50 bits per heavy atom. The van der Waals surface area contributed by atoms with Gasteiger partial charge in [-0.25, -0.2) is 18.1 Å². The SMILES string of the molecule is Cc1cnc(CNS(=O)(=O)c2cccnc2C(N)=S)s1. The minimum Gasteiger partial charge on any atom is -0.388 e. The minimum absolute atomic E-state index is 0.0271. The number of hydrogen-bond donors (Lipinski definition) is 2. The van der Waals surface area contributed by atoms with Crippen molar-refractivity contribution < 1.29 is 8.42 Å². The van der Waals surface area contributed by atoms with Gasteiger partial charge in [0.1, 0.15) is 20.6 Å². The van der Waals surface area contributed by atoms with Crippen molar-refractivity contribution in [2.75, 3.05) is 0 Å². The van der Waals surface area contributed by atoms with E-state index in [1.54, 1.807) is 6.20 Å². The van der Waals surface area contributed by atoms with Crippen LogP contribution in [-0.4, -0.2) is 23.4 Å². The van der Waals surface area contributed by atoms with E-state index >= 15 is 0 Å². The summed E-state index contributed by atoms with van der Waals surface area (Å²) in [7, 11) is -3.74. The second-order valence-electron chi connectivity index (χ2n) is 3.90. The Kier molecular flexibility index (Phi) is 4.43. The highest BCUT2D eigenvalue weighted by Crippen LogP contribution is 2.15. The summed E-state index contributed by atoms with van der Waals surface area (Å²) in [6, 6.07) is 2.93. The van der Waals surface area contributed by atoms with E-state index < -0.39 is 10.0 Å². The second-order valence-corrected chi connectivity index (χ2v) is 7.40. The third-order valence-electron chi connectivity index (χ3n) is 2.38. The maximum absolute atomic E-state index is 12.2. The summed E-state index contributed by atoms with van der Waals surface area (Å²) >= 11 is 6.24. The topological polar surface area (TPSA) is 98.0 Å². The van der Waals surface area contributed by atoms with Gasteiger partial charge in [-0.2, -0.15) is 0 Å². The molecule has 0 amide bonds. The van der Waals surface area contributed by atoms with E-state index in [4.69, 9.17) is 18.0 Å². The molecule has 2 rings (SSSR count). The molecule has 20 heavy (non-hydrogen) atoms. The zero-order valence-electron chi connectivity index (χ0n) is 10.5. The molecule has 0 aliphatic carbocycles. The van der Waals surface area contributed by atoms with Crippen LogP contribution in [0.5, 0.6) is 0 Å². The van der Waals surface area contributed by atoms with Crippen LogP contribution in [0, 0.1) is 6.92 Å². The quantitative estimate of drug-likeness (QED) is 0.793. The standard InChI is InChI=1S/C11H12N4O2S3/c1-7-5-14-9(19-7)6-15-20(16,17)8-3-2-4-13-10(8)11(12)18/h2-5,15H,6H2,1H3,(H2,12,18). The monoisotopic (exact) mass is 328 g/mol. The van der Waals surface area contributed by atoms with Gasteiger partial charge in [0.15, 0.2) is 0 Å². The molecule has 0 aromatic carbocycles. The van der Waals surface area contributed by atoms with Gasteiger partial charge in [-0.05, 0) is 19.1 Å². The lowest BCUT2D eigenvalue weighted by molar-refractivity contribution is 0.580. The number of aromatic nitrogens is 2. The Balaban J connectivity index is 2.25. The normalized spacial score (nSPS) is 11.4. The van der Waals surface area contributed by atoms with Crippen molar-refractivity contribution in [3.63, 3.8) is 0 Å². The van der Waals surface area contributed by atoms with E-state index in [1.807, 2.05) is 6.92 Å². The van der Waals surface area contributed by atoms with Gasteiger partial charge in [-0.1, -0.05) is 12.2 Å². The first-order chi connectivity index (χ1) is 9.40. The third-order valence-corrected chi connectivity index (χ3v) is 4.92. The molecule has 2 heterocycles. The highest BCUT2D eigenvalue weighted by atomic mass is 32.2. The first-order valence-electron chi connectivity index (χ1n) is 5.56. The smallest absolute Gasteiger partial charge is 0.243 e. The molecule has 2 aromatic heterocycles. The van der Waals surface area contributed by atoms with E-state index in [9.17, 15) is 8.42 Å². The van der Waals surface area contributed by atoms with Gasteiger partial charge in [0.25, 0.3) is 0 Å². The number of thiazole rings is 1. The van der Waals surface area contributed by atoms with Crippen LogP contribution in [0.25, 0.3) is 0 Å². The maximum Gasteiger partial charge on any atom is 0.243 e. The molecule has 0 saturated heterocycles. The predicted octanol–water partition coefficient (Wildman–Crippen LogP) is 0.959. The third kappa shape index (κ3) is 3.37. The summed E-state index contributed by atoms with van der Waals surface area (Å²) in [4.78, 5) is 8.93. The van der Waals surface area contributed by atoms with Crippen molar-refractivity contribution in [1.82, 2.24) is 14.7 Å². The average molecular weight is 328 g/mol. The number of aryl methyl sites for hydroxylation is 1. The number of pyridine rings is 1. The summed E-state index contributed by atoms with van der Waals surface area (Å²) in [6.07, 6.45) is 3.14. The van der Waals surface area contributed by atoms with E-state index in [0.717, 1.165) is 4.88 Å². The van der Waals surface area contributed by atoms with E-state index in [1.165, 1.54) is 29.7 Å². The van der Waals surface area contributed by atoms with E-state index in [0.29, 0.717) is 5.01 Å². The van der Waals surface area contributed by atoms with Gasteiger partial charge in [0.05, 0.1) is 6.54 Å². The summed E-state index contributed by atoms with van der Waals surface area (Å²) in [5.74, 6) is 0. The molecule has 3 N–H and O–H groups in total. The molecule has 0 aliphatic heterocycles. The maximum atomic E-state index is 12.2. The van der Waals surface area contributed by atoms with Crippen LogP contribution in [0.4, 0.5) is 0 Å². The molecule has 2 aromatic rings. The number of thiocarbonyl (C=S) groups is 1. The lowest BCUT2D eigenvalue weighted by Gasteiger charge is -2.08. The van der Waals surface area contributed by atoms with Crippen LogP contribution in [0.1, 0.15) is 15.6 Å². The van der Waals surface area contributed by atoms with Crippen molar-refractivity contribution in [3.05, 3.63) is 40.1 Å². The zero-order chi connectivity index (χ0) is 14.8. The number of nitrogens with two attached hydrogens (primary N) is 1. The molecule has 0 fully saturated rings. The molecule has 0 bridgehead atoms. The Morgan fingerprint density at radius 3 is 2.85 bits per heavy atom. The fourth-order valence-corrected chi connectivity index (χ4v) is 3.71. The van der Waals surface area contributed by atoms with Crippen molar-refractivity contribution in [2.24, 2.45) is 5.73 Å². The van der Waals surface area contributed by atoms with Crippen molar-refractivity contribution in [2.45, 2.75) is 18.4 Å². The number of hydrogen-bond acceptors (Lipinski definition) is 6. The van der Waals surface area contributed by atoms with Gasteiger partial charge in [0.2, 0.25) is 10.0 Å². The lowest BCUT2D eigenvalue weighted by atomic mass is 10.3. The summed E-state index contributed by atoms with van der Waals surface area (Å²) in [5, 5.41) is 0.687. The summed E-state index contributed by atoms with van der Waals surface area (Å²) in [6.45, 7) is 2.02. The predicted molar refractivity (Wildman–Crippen MR) is 81.0 cm³/mol. The molecule has 0 atom stereocenters. The van der Waals surface area contributed by atoms with E-state index in [-0.39, 0.29) is 22.1 Å². The molecule has 0 saturated carbocycles. The Labute approximate surface area is 126 Å². The molecule has 0 spiro atoms. The van der Waals surface area contributed by atoms with Gasteiger partial charge in [-0.3, -0.25) is 4.98 Å². The first-order valence-corrected chi connectivity index (χ1v) is 8.27. The van der Waals surface area contributed by atoms with Crippen LogP contribution >= 0.6 is 23.6 Å². The fourth-order valence-electron chi connectivity index (χ4n) is 1.51. The largest absolute Gasteiger partial charge is 0.388 e. The average Bonchev–Trinajstić information content (AvgIpc) is 2.82. The highest BCUT2D eigenvalue weighted by Gasteiger charge is 2.20. The van der Waals surface area contributed by atoms with Crippen LogP contribution in [-0.2, 0) is 16.6 Å². The molecular formula is C11H12N4O2S3. The Morgan fingerprint density at radius 2 is 2.25 bits per heavy atom. The molecule has 9 heteroatoms. The van der Waals surface area contributed by atoms with Gasteiger partial charge >= 0.3 is 0 Å². The number of nitrogens with zero attached hydrogens (tertiary/aromatic N) is 2. The van der Waals surface area contributed by atoms with Crippen molar-refractivity contribution >= 4 is 38.6 Å². The molecule has 0 unspecified atom stereocenters. The Bertz CT molecular complexity index is 740. The summed E-state index contributed by atoms with van der Waals surface area (Å²) in [5.41, 5.74) is 5.58. The molecule has 0 radical (unpaired) electrons. The molecule has 0 aliphatic rings. The second kappa shape index (κ2) is 5.92. The zero-order valence-corrected chi connectivity index (χ0v) is 13.0. The molecular weight excluding hydrogens is 316 g/mol. The minimum atomic E-state index is -3.74. The highest BCUT2D eigenvalue weighted by molar-refractivity contribution is 7.89. The Hall–Kier alpha value is -1.42. The van der Waals surface area contributed by atoms with Crippen LogP contribution < -0.4 is 10.5 Å². The van der Waals surface area contributed by atoms with Crippen LogP contribution in [0.3, 0.4) is 0 Å². The number of rotatable bonds is 5. The first kappa shape index (κ1) is 15.0. The van der Waals surface area contributed by atoms with Crippen LogP contribution in [0.2, 0.25) is 0 Å². The fraction of sp³-hybridized carbons (Fsp3) is 0.182. The number of nitrogens with one attached hydrogen (secondary N) is 1. The van der Waals surface area contributed by atoms with E-state index in [2.05, 4.69) is 14.7 Å². The van der Waals surface area contributed by atoms with Gasteiger partial charge < -0.3 is 5.73 Å². The van der Waals surface area contributed by atoms with Crippen LogP contribution in [0.15, 0.2) is 29.4 Å². The molecule has 106 valence electrons. The van der Waals surface area contributed by atoms with Gasteiger partial charge in [0, 0.05) is 17.3 Å². The number of sulfonamides is 1. The van der Waals surface area contributed by atoms with Crippen molar-refractivity contribution in [1.29, 1.82) is 0 Å². The van der Waals surface area contributed by atoms with Crippen molar-refractivity contribution in [3.8, 4) is 0 Å². The van der Waals surface area contributed by atoms with Gasteiger partial charge in [-0.15, -0.1) is 11.3 Å². The molecule has 6 nitrogen and oxygen atoms in total.